The first-order valence-corrected chi connectivity index (χ1v) is 5.57. The van der Waals surface area contributed by atoms with Crippen LogP contribution in [-0.4, -0.2) is 10.8 Å². The van der Waals surface area contributed by atoms with E-state index < -0.39 is 0 Å². The van der Waals surface area contributed by atoms with Crippen LogP contribution in [0.3, 0.4) is 0 Å². The largest absolute Gasteiger partial charge is 0.361 e. The number of hydrogen-bond acceptors (Lipinski definition) is 1. The summed E-state index contributed by atoms with van der Waals surface area (Å²) in [5, 5.41) is 1.22. The van der Waals surface area contributed by atoms with E-state index in [9.17, 15) is 4.79 Å². The molecule has 0 amide bonds. The Kier molecular flexibility index (Phi) is 2.58. The summed E-state index contributed by atoms with van der Waals surface area (Å²) < 4.78 is 0. The molecule has 16 heavy (non-hydrogen) atoms. The number of rotatable bonds is 3. The first-order valence-electron chi connectivity index (χ1n) is 5.57. The van der Waals surface area contributed by atoms with Gasteiger partial charge in [-0.25, -0.2) is 0 Å². The number of benzene rings is 1. The van der Waals surface area contributed by atoms with Gasteiger partial charge in [0.15, 0.2) is 0 Å². The second-order valence-corrected chi connectivity index (χ2v) is 5.01. The molecule has 0 saturated heterocycles. The van der Waals surface area contributed by atoms with Crippen molar-refractivity contribution < 1.29 is 4.79 Å². The number of nitrogens with one attached hydrogen (secondary N) is 1. The van der Waals surface area contributed by atoms with Gasteiger partial charge in [-0.1, -0.05) is 32.0 Å². The monoisotopic (exact) mass is 215 g/mol. The zero-order valence-corrected chi connectivity index (χ0v) is 10.0. The van der Waals surface area contributed by atoms with Crippen molar-refractivity contribution in [2.45, 2.75) is 32.6 Å². The minimum Gasteiger partial charge on any atom is -0.361 e. The maximum Gasteiger partial charge on any atom is 0.130 e. The number of aromatic nitrogens is 1. The van der Waals surface area contributed by atoms with Gasteiger partial charge in [0, 0.05) is 23.5 Å². The SMILES string of the molecule is CC(=O)CC(C)(C)c1c[nH]c2ccccc12. The predicted octanol–water partition coefficient (Wildman–Crippen LogP) is 3.42. The van der Waals surface area contributed by atoms with Gasteiger partial charge < -0.3 is 4.98 Å². The first-order chi connectivity index (χ1) is 7.50. The van der Waals surface area contributed by atoms with Crippen molar-refractivity contribution in [1.82, 2.24) is 4.98 Å². The molecule has 0 unspecified atom stereocenters. The van der Waals surface area contributed by atoms with Gasteiger partial charge >= 0.3 is 0 Å². The summed E-state index contributed by atoms with van der Waals surface area (Å²) in [6, 6.07) is 8.20. The maximum atomic E-state index is 11.3. The lowest BCUT2D eigenvalue weighted by Gasteiger charge is -2.22. The van der Waals surface area contributed by atoms with E-state index in [0.717, 1.165) is 5.52 Å². The van der Waals surface area contributed by atoms with E-state index in [-0.39, 0.29) is 11.2 Å². The number of fused-ring (bicyclic) bond motifs is 1. The fourth-order valence-electron chi connectivity index (χ4n) is 2.35. The summed E-state index contributed by atoms with van der Waals surface area (Å²) in [5.74, 6) is 0.232. The summed E-state index contributed by atoms with van der Waals surface area (Å²) in [7, 11) is 0. The number of carbonyl (C=O) groups is 1. The fraction of sp³-hybridized carbons (Fsp3) is 0.357. The number of aromatic amines is 1. The van der Waals surface area contributed by atoms with Crippen molar-refractivity contribution in [2.75, 3.05) is 0 Å². The molecule has 84 valence electrons. The highest BCUT2D eigenvalue weighted by atomic mass is 16.1. The van der Waals surface area contributed by atoms with Crippen LogP contribution in [0.5, 0.6) is 0 Å². The molecule has 0 atom stereocenters. The lowest BCUT2D eigenvalue weighted by Crippen LogP contribution is -2.20. The van der Waals surface area contributed by atoms with Crippen molar-refractivity contribution in [3.8, 4) is 0 Å². The Morgan fingerprint density at radius 2 is 2.00 bits per heavy atom. The van der Waals surface area contributed by atoms with Crippen molar-refractivity contribution in [3.63, 3.8) is 0 Å². The maximum absolute atomic E-state index is 11.3. The van der Waals surface area contributed by atoms with Gasteiger partial charge in [0.2, 0.25) is 0 Å². The van der Waals surface area contributed by atoms with Crippen LogP contribution >= 0.6 is 0 Å². The molecule has 0 bridgehead atoms. The molecule has 1 N–H and O–H groups in total. The van der Waals surface area contributed by atoms with Crippen LogP contribution in [-0.2, 0) is 10.2 Å². The second kappa shape index (κ2) is 3.78. The van der Waals surface area contributed by atoms with E-state index in [2.05, 4.69) is 31.0 Å². The molecule has 1 aromatic carbocycles. The zero-order chi connectivity index (χ0) is 11.8. The molecular weight excluding hydrogens is 198 g/mol. The number of Topliss-reactive ketones (excluding diaryl/α,β-unsaturated/α-hetero) is 1. The molecule has 2 aromatic rings. The van der Waals surface area contributed by atoms with Crippen LogP contribution < -0.4 is 0 Å². The molecule has 0 saturated carbocycles. The average Bonchev–Trinajstić information content (AvgIpc) is 2.59. The molecule has 0 aliphatic rings. The highest BCUT2D eigenvalue weighted by molar-refractivity contribution is 5.85. The zero-order valence-electron chi connectivity index (χ0n) is 10.0. The third kappa shape index (κ3) is 1.87. The number of H-pyrrole nitrogens is 1. The Balaban J connectivity index is 2.50. The van der Waals surface area contributed by atoms with Crippen LogP contribution in [0.2, 0.25) is 0 Å². The van der Waals surface area contributed by atoms with Crippen LogP contribution in [0.4, 0.5) is 0 Å². The molecule has 0 fully saturated rings. The topological polar surface area (TPSA) is 32.9 Å². The van der Waals surface area contributed by atoms with E-state index in [0.29, 0.717) is 6.42 Å². The second-order valence-electron chi connectivity index (χ2n) is 5.01. The van der Waals surface area contributed by atoms with Gasteiger partial charge in [-0.3, -0.25) is 4.79 Å². The third-order valence-corrected chi connectivity index (χ3v) is 3.01. The Morgan fingerprint density at radius 3 is 2.69 bits per heavy atom. The van der Waals surface area contributed by atoms with Crippen molar-refractivity contribution in [2.24, 2.45) is 0 Å². The van der Waals surface area contributed by atoms with Gasteiger partial charge in [0.05, 0.1) is 0 Å². The highest BCUT2D eigenvalue weighted by Crippen LogP contribution is 2.32. The number of carbonyl (C=O) groups excluding carboxylic acids is 1. The average molecular weight is 215 g/mol. The van der Waals surface area contributed by atoms with Gasteiger partial charge in [-0.05, 0) is 24.0 Å². The molecule has 0 radical (unpaired) electrons. The standard InChI is InChI=1S/C14H17NO/c1-10(16)8-14(2,3)12-9-15-13-7-5-4-6-11(12)13/h4-7,9,15H,8H2,1-3H3. The van der Waals surface area contributed by atoms with Gasteiger partial charge in [0.1, 0.15) is 5.78 Å². The smallest absolute Gasteiger partial charge is 0.130 e. The Bertz CT molecular complexity index is 522. The Labute approximate surface area is 95.7 Å². The summed E-state index contributed by atoms with van der Waals surface area (Å²) >= 11 is 0. The number of hydrogen-bond donors (Lipinski definition) is 1. The molecule has 0 aliphatic heterocycles. The first kappa shape index (κ1) is 10.9. The summed E-state index contributed by atoms with van der Waals surface area (Å²) in [4.78, 5) is 14.5. The van der Waals surface area contributed by atoms with E-state index in [4.69, 9.17) is 0 Å². The van der Waals surface area contributed by atoms with Gasteiger partial charge in [-0.2, -0.15) is 0 Å². The van der Waals surface area contributed by atoms with E-state index >= 15 is 0 Å². The molecular formula is C14H17NO. The summed E-state index contributed by atoms with van der Waals surface area (Å²) in [5.41, 5.74) is 2.25. The van der Waals surface area contributed by atoms with Crippen molar-refractivity contribution in [1.29, 1.82) is 0 Å². The van der Waals surface area contributed by atoms with E-state index in [1.165, 1.54) is 10.9 Å². The minimum absolute atomic E-state index is 0.106. The molecule has 2 nitrogen and oxygen atoms in total. The molecule has 2 heteroatoms. The van der Waals surface area contributed by atoms with Crippen LogP contribution in [0.1, 0.15) is 32.8 Å². The predicted molar refractivity (Wildman–Crippen MR) is 66.6 cm³/mol. The molecule has 1 aromatic heterocycles. The lowest BCUT2D eigenvalue weighted by atomic mass is 9.80. The Morgan fingerprint density at radius 1 is 1.31 bits per heavy atom. The van der Waals surface area contributed by atoms with Crippen LogP contribution in [0.15, 0.2) is 30.5 Å². The van der Waals surface area contributed by atoms with Crippen LogP contribution in [0.25, 0.3) is 10.9 Å². The fourth-order valence-corrected chi connectivity index (χ4v) is 2.35. The van der Waals surface area contributed by atoms with Gasteiger partial charge in [-0.15, -0.1) is 0 Å². The molecule has 2 rings (SSSR count). The van der Waals surface area contributed by atoms with Crippen molar-refractivity contribution in [3.05, 3.63) is 36.0 Å². The Hall–Kier alpha value is -1.57. The minimum atomic E-state index is -0.106. The van der Waals surface area contributed by atoms with Crippen LogP contribution in [0, 0.1) is 0 Å². The lowest BCUT2D eigenvalue weighted by molar-refractivity contribution is -0.118. The highest BCUT2D eigenvalue weighted by Gasteiger charge is 2.25. The van der Waals surface area contributed by atoms with Crippen molar-refractivity contribution >= 4 is 16.7 Å². The summed E-state index contributed by atoms with van der Waals surface area (Å²) in [6.07, 6.45) is 2.60. The quantitative estimate of drug-likeness (QED) is 0.836. The molecule has 1 heterocycles. The molecule has 0 aliphatic carbocycles. The number of ketones is 1. The van der Waals surface area contributed by atoms with E-state index in [1.807, 2.05) is 18.3 Å². The normalized spacial score (nSPS) is 11.9. The number of para-hydroxylation sites is 1. The molecule has 0 spiro atoms. The third-order valence-electron chi connectivity index (χ3n) is 3.01. The van der Waals surface area contributed by atoms with E-state index in [1.54, 1.807) is 6.92 Å². The van der Waals surface area contributed by atoms with Gasteiger partial charge in [0.25, 0.3) is 0 Å². The summed E-state index contributed by atoms with van der Waals surface area (Å²) in [6.45, 7) is 5.88.